The Morgan fingerprint density at radius 2 is 2.06 bits per heavy atom. The molecule has 0 radical (unpaired) electrons. The Morgan fingerprint density at radius 1 is 1.35 bits per heavy atom. The van der Waals surface area contributed by atoms with Gasteiger partial charge < -0.3 is 9.47 Å². The van der Waals surface area contributed by atoms with Crippen molar-refractivity contribution < 1.29 is 13.2 Å². The summed E-state index contributed by atoms with van der Waals surface area (Å²) in [6, 6.07) is 5.08. The minimum Gasteiger partial charge on any atom is -0.366 e. The molecule has 0 unspecified atom stereocenters. The normalized spacial score (nSPS) is 12.1. The van der Waals surface area contributed by atoms with E-state index in [4.69, 9.17) is 0 Å². The molecule has 1 heterocycles. The molecule has 0 spiro atoms. The zero-order valence-corrected chi connectivity index (χ0v) is 9.49. The lowest BCUT2D eigenvalue weighted by Crippen LogP contribution is -2.30. The molecule has 0 amide bonds. The maximum absolute atomic E-state index is 12.2. The number of anilines is 1. The molecule has 0 bridgehead atoms. The van der Waals surface area contributed by atoms with Crippen LogP contribution in [0.3, 0.4) is 0 Å². The van der Waals surface area contributed by atoms with E-state index in [9.17, 15) is 13.2 Å². The van der Waals surface area contributed by atoms with E-state index in [2.05, 4.69) is 4.98 Å². The maximum atomic E-state index is 12.2. The molecule has 0 N–H and O–H groups in total. The van der Waals surface area contributed by atoms with E-state index in [1.165, 1.54) is 7.05 Å². The monoisotopic (exact) mass is 243 g/mol. The summed E-state index contributed by atoms with van der Waals surface area (Å²) in [4.78, 5) is 5.27. The summed E-state index contributed by atoms with van der Waals surface area (Å²) in [5.41, 5.74) is 2.10. The number of alkyl halides is 3. The molecule has 3 nitrogen and oxygen atoms in total. The molecule has 1 aromatic carbocycles. The first-order valence-electron chi connectivity index (χ1n) is 5.06. The number of nitrogens with zero attached hydrogens (tertiary/aromatic N) is 3. The summed E-state index contributed by atoms with van der Waals surface area (Å²) < 4.78 is 38.6. The molecule has 0 aliphatic carbocycles. The van der Waals surface area contributed by atoms with Crippen LogP contribution in [0.1, 0.15) is 0 Å². The van der Waals surface area contributed by atoms with E-state index in [0.29, 0.717) is 11.2 Å². The third-order valence-electron chi connectivity index (χ3n) is 2.57. The van der Waals surface area contributed by atoms with Gasteiger partial charge in [0.05, 0.1) is 17.4 Å². The summed E-state index contributed by atoms with van der Waals surface area (Å²) in [6.45, 7) is -0.967. The van der Waals surface area contributed by atoms with Crippen LogP contribution < -0.4 is 4.90 Å². The van der Waals surface area contributed by atoms with E-state index >= 15 is 0 Å². The highest BCUT2D eigenvalue weighted by Crippen LogP contribution is 2.23. The maximum Gasteiger partial charge on any atom is 0.405 e. The Bertz CT molecular complexity index is 530. The second-order valence-electron chi connectivity index (χ2n) is 4.00. The highest BCUT2D eigenvalue weighted by Gasteiger charge is 2.29. The van der Waals surface area contributed by atoms with Gasteiger partial charge in [-0.25, -0.2) is 4.98 Å². The zero-order chi connectivity index (χ0) is 12.6. The van der Waals surface area contributed by atoms with Gasteiger partial charge in [-0.15, -0.1) is 0 Å². The second kappa shape index (κ2) is 3.94. The van der Waals surface area contributed by atoms with E-state index in [0.717, 1.165) is 10.4 Å². The lowest BCUT2D eigenvalue weighted by Gasteiger charge is -2.20. The number of aromatic nitrogens is 2. The fourth-order valence-electron chi connectivity index (χ4n) is 1.72. The van der Waals surface area contributed by atoms with Crippen molar-refractivity contribution in [3.63, 3.8) is 0 Å². The molecule has 17 heavy (non-hydrogen) atoms. The van der Waals surface area contributed by atoms with Crippen molar-refractivity contribution >= 4 is 16.7 Å². The van der Waals surface area contributed by atoms with Crippen molar-refractivity contribution in [3.8, 4) is 0 Å². The molecular weight excluding hydrogens is 231 g/mol. The van der Waals surface area contributed by atoms with Crippen molar-refractivity contribution in [2.75, 3.05) is 18.5 Å². The van der Waals surface area contributed by atoms with Crippen LogP contribution in [0.4, 0.5) is 18.9 Å². The molecule has 92 valence electrons. The average molecular weight is 243 g/mol. The van der Waals surface area contributed by atoms with Crippen LogP contribution in [0, 0.1) is 0 Å². The van der Waals surface area contributed by atoms with Crippen molar-refractivity contribution in [3.05, 3.63) is 24.5 Å². The number of benzene rings is 1. The number of hydrogen-bond acceptors (Lipinski definition) is 2. The summed E-state index contributed by atoms with van der Waals surface area (Å²) in [5.74, 6) is 0. The highest BCUT2D eigenvalue weighted by atomic mass is 19.4. The number of hydrogen-bond donors (Lipinski definition) is 0. The van der Waals surface area contributed by atoms with Crippen LogP contribution in [-0.4, -0.2) is 29.3 Å². The molecule has 0 saturated carbocycles. The number of fused-ring (bicyclic) bond motifs is 1. The quantitative estimate of drug-likeness (QED) is 0.808. The Hall–Kier alpha value is -1.72. The molecule has 2 aromatic rings. The summed E-state index contributed by atoms with van der Waals surface area (Å²) >= 11 is 0. The fourth-order valence-corrected chi connectivity index (χ4v) is 1.72. The van der Waals surface area contributed by atoms with Crippen LogP contribution in [0.2, 0.25) is 0 Å². The van der Waals surface area contributed by atoms with Crippen LogP contribution in [0.5, 0.6) is 0 Å². The minimum atomic E-state index is -4.20. The number of rotatable bonds is 2. The van der Waals surface area contributed by atoms with Crippen molar-refractivity contribution in [1.82, 2.24) is 9.55 Å². The molecule has 6 heteroatoms. The van der Waals surface area contributed by atoms with Crippen LogP contribution in [0.25, 0.3) is 11.0 Å². The van der Waals surface area contributed by atoms with E-state index < -0.39 is 12.7 Å². The van der Waals surface area contributed by atoms with Gasteiger partial charge in [-0.05, 0) is 18.2 Å². The van der Waals surface area contributed by atoms with Crippen molar-refractivity contribution in [1.29, 1.82) is 0 Å². The van der Waals surface area contributed by atoms with Gasteiger partial charge in [-0.3, -0.25) is 0 Å². The number of halogens is 3. The second-order valence-corrected chi connectivity index (χ2v) is 4.00. The summed E-state index contributed by atoms with van der Waals surface area (Å²) in [5, 5.41) is 0. The third kappa shape index (κ3) is 2.51. The molecule has 0 fully saturated rings. The van der Waals surface area contributed by atoms with Crippen LogP contribution in [0.15, 0.2) is 24.5 Å². The first-order valence-corrected chi connectivity index (χ1v) is 5.06. The van der Waals surface area contributed by atoms with E-state index in [1.54, 1.807) is 24.5 Å². The molecule has 0 atom stereocenters. The Labute approximate surface area is 96.5 Å². The van der Waals surface area contributed by atoms with Crippen LogP contribution >= 0.6 is 0 Å². The SMILES string of the molecule is CN(CC(F)(F)F)c1ccc2c(c1)ncn2C. The van der Waals surface area contributed by atoms with Crippen LogP contribution in [-0.2, 0) is 7.05 Å². The Balaban J connectivity index is 2.30. The predicted molar refractivity (Wildman–Crippen MR) is 60.0 cm³/mol. The lowest BCUT2D eigenvalue weighted by molar-refractivity contribution is -0.119. The number of aryl methyl sites for hydroxylation is 1. The molecule has 1 aromatic heterocycles. The van der Waals surface area contributed by atoms with Gasteiger partial charge in [0.1, 0.15) is 6.54 Å². The first kappa shape index (κ1) is 11.8. The number of imidazole rings is 1. The Kier molecular flexibility index (Phi) is 2.73. The lowest BCUT2D eigenvalue weighted by atomic mass is 10.2. The predicted octanol–water partition coefficient (Wildman–Crippen LogP) is 2.57. The largest absolute Gasteiger partial charge is 0.405 e. The topological polar surface area (TPSA) is 21.1 Å². The Morgan fingerprint density at radius 3 is 2.71 bits per heavy atom. The smallest absolute Gasteiger partial charge is 0.366 e. The van der Waals surface area contributed by atoms with Crippen molar-refractivity contribution in [2.45, 2.75) is 6.18 Å². The van der Waals surface area contributed by atoms with Gasteiger partial charge in [0.25, 0.3) is 0 Å². The van der Waals surface area contributed by atoms with E-state index in [1.807, 2.05) is 11.6 Å². The molecule has 0 aliphatic rings. The van der Waals surface area contributed by atoms with Gasteiger partial charge in [0.15, 0.2) is 0 Å². The third-order valence-corrected chi connectivity index (χ3v) is 2.57. The average Bonchev–Trinajstić information content (AvgIpc) is 2.57. The summed E-state index contributed by atoms with van der Waals surface area (Å²) in [7, 11) is 3.26. The zero-order valence-electron chi connectivity index (χ0n) is 9.49. The van der Waals surface area contributed by atoms with Gasteiger partial charge in [0.2, 0.25) is 0 Å². The molecule has 0 saturated heterocycles. The van der Waals surface area contributed by atoms with Gasteiger partial charge in [-0.1, -0.05) is 0 Å². The van der Waals surface area contributed by atoms with Gasteiger partial charge in [0, 0.05) is 19.8 Å². The van der Waals surface area contributed by atoms with E-state index in [-0.39, 0.29) is 0 Å². The minimum absolute atomic E-state index is 0.508. The summed E-state index contributed by atoms with van der Waals surface area (Å²) in [6.07, 6.45) is -2.56. The molecule has 0 aliphatic heterocycles. The van der Waals surface area contributed by atoms with Gasteiger partial charge in [-0.2, -0.15) is 13.2 Å². The van der Waals surface area contributed by atoms with Crippen molar-refractivity contribution in [2.24, 2.45) is 7.05 Å². The van der Waals surface area contributed by atoms with Gasteiger partial charge >= 0.3 is 6.18 Å². The highest BCUT2D eigenvalue weighted by molar-refractivity contribution is 5.79. The molecular formula is C11H12F3N3. The molecule has 2 rings (SSSR count). The first-order chi connectivity index (χ1) is 7.87. The standard InChI is InChI=1S/C11H12F3N3/c1-16(6-11(12,13)14)8-3-4-10-9(5-8)15-7-17(10)2/h3-5,7H,6H2,1-2H3. The fraction of sp³-hybridized carbons (Fsp3) is 0.364.